The number of aromatic nitrogens is 2. The maximum atomic E-state index is 12.0. The summed E-state index contributed by atoms with van der Waals surface area (Å²) in [4.78, 5) is 12.0. The fourth-order valence-electron chi connectivity index (χ4n) is 2.27. The lowest BCUT2D eigenvalue weighted by atomic mass is 10.2. The van der Waals surface area contributed by atoms with E-state index in [1.54, 1.807) is 6.21 Å². The van der Waals surface area contributed by atoms with Gasteiger partial charge in [-0.2, -0.15) is 10.2 Å². The van der Waals surface area contributed by atoms with Gasteiger partial charge in [-0.25, -0.2) is 5.43 Å². The summed E-state index contributed by atoms with van der Waals surface area (Å²) in [6.07, 6.45) is 4.56. The molecule has 1 aliphatic rings. The number of nitrogens with one attached hydrogen (secondary N) is 2. The van der Waals surface area contributed by atoms with E-state index in [9.17, 15) is 4.79 Å². The Kier molecular flexibility index (Phi) is 3.64. The van der Waals surface area contributed by atoms with Gasteiger partial charge in [0, 0.05) is 15.7 Å². The van der Waals surface area contributed by atoms with Gasteiger partial charge in [-0.3, -0.25) is 9.89 Å². The van der Waals surface area contributed by atoms with Crippen LogP contribution in [0.15, 0.2) is 33.8 Å². The maximum Gasteiger partial charge on any atom is 0.292 e. The number of aromatic amines is 1. The highest BCUT2D eigenvalue weighted by atomic mass is 79.9. The zero-order valence-corrected chi connectivity index (χ0v) is 12.3. The molecule has 6 heteroatoms. The van der Waals surface area contributed by atoms with Crippen molar-refractivity contribution in [2.75, 3.05) is 0 Å². The Hall–Kier alpha value is -1.95. The van der Waals surface area contributed by atoms with Crippen LogP contribution in [0.25, 0.3) is 0 Å². The molecule has 1 aromatic heterocycles. The number of carbonyl (C=O) groups is 1. The van der Waals surface area contributed by atoms with Crippen LogP contribution in [0.2, 0.25) is 0 Å². The van der Waals surface area contributed by atoms with Crippen LogP contribution in [0.4, 0.5) is 0 Å². The predicted octanol–water partition coefficient (Wildman–Crippen LogP) is 2.42. The molecule has 2 N–H and O–H groups in total. The van der Waals surface area contributed by atoms with Gasteiger partial charge in [-0.05, 0) is 37.0 Å². The summed E-state index contributed by atoms with van der Waals surface area (Å²) in [5, 5.41) is 10.9. The van der Waals surface area contributed by atoms with Gasteiger partial charge < -0.3 is 0 Å². The van der Waals surface area contributed by atoms with Crippen molar-refractivity contribution in [3.63, 3.8) is 0 Å². The van der Waals surface area contributed by atoms with Crippen molar-refractivity contribution >= 4 is 28.1 Å². The number of halogens is 1. The number of rotatable bonds is 3. The second kappa shape index (κ2) is 5.58. The van der Waals surface area contributed by atoms with Crippen molar-refractivity contribution in [2.24, 2.45) is 5.10 Å². The van der Waals surface area contributed by atoms with Gasteiger partial charge in [0.2, 0.25) is 0 Å². The zero-order chi connectivity index (χ0) is 13.9. The molecule has 2 aromatic rings. The maximum absolute atomic E-state index is 12.0. The first-order valence-corrected chi connectivity index (χ1v) is 7.18. The van der Waals surface area contributed by atoms with Gasteiger partial charge in [0.15, 0.2) is 5.69 Å². The highest BCUT2D eigenvalue weighted by Crippen LogP contribution is 2.22. The Labute approximate surface area is 124 Å². The molecule has 0 fully saturated rings. The number of nitrogens with zero attached hydrogens (tertiary/aromatic N) is 2. The highest BCUT2D eigenvalue weighted by molar-refractivity contribution is 9.10. The molecule has 0 radical (unpaired) electrons. The second-order valence-corrected chi connectivity index (χ2v) is 5.55. The number of aryl methyl sites for hydroxylation is 1. The number of benzene rings is 1. The van der Waals surface area contributed by atoms with E-state index in [1.165, 1.54) is 0 Å². The molecule has 0 atom stereocenters. The largest absolute Gasteiger partial charge is 0.292 e. The van der Waals surface area contributed by atoms with Crippen molar-refractivity contribution in [3.8, 4) is 0 Å². The Morgan fingerprint density at radius 2 is 2.15 bits per heavy atom. The average molecular weight is 333 g/mol. The zero-order valence-electron chi connectivity index (χ0n) is 10.7. The number of amides is 1. The molecular weight excluding hydrogens is 320 g/mol. The van der Waals surface area contributed by atoms with Crippen molar-refractivity contribution in [1.82, 2.24) is 15.6 Å². The quantitative estimate of drug-likeness (QED) is 0.669. The summed E-state index contributed by atoms with van der Waals surface area (Å²) in [6, 6.07) is 7.66. The third-order valence-corrected chi connectivity index (χ3v) is 3.80. The number of hydrogen-bond donors (Lipinski definition) is 2. The van der Waals surface area contributed by atoms with E-state index in [-0.39, 0.29) is 5.91 Å². The first kappa shape index (κ1) is 13.1. The van der Waals surface area contributed by atoms with Crippen molar-refractivity contribution in [3.05, 3.63) is 51.3 Å². The molecule has 102 valence electrons. The third kappa shape index (κ3) is 2.65. The molecule has 1 amide bonds. The third-order valence-electron chi connectivity index (χ3n) is 3.27. The number of H-pyrrole nitrogens is 1. The van der Waals surface area contributed by atoms with Crippen LogP contribution in [-0.2, 0) is 12.8 Å². The van der Waals surface area contributed by atoms with Crippen LogP contribution in [0.3, 0.4) is 0 Å². The van der Waals surface area contributed by atoms with E-state index in [0.29, 0.717) is 5.69 Å². The van der Waals surface area contributed by atoms with E-state index in [4.69, 9.17) is 0 Å². The Morgan fingerprint density at radius 1 is 1.35 bits per heavy atom. The lowest BCUT2D eigenvalue weighted by molar-refractivity contribution is 0.0949. The lowest BCUT2D eigenvalue weighted by Crippen LogP contribution is -2.19. The highest BCUT2D eigenvalue weighted by Gasteiger charge is 2.22. The number of hydrogen-bond acceptors (Lipinski definition) is 3. The smallest absolute Gasteiger partial charge is 0.281 e. The van der Waals surface area contributed by atoms with Crippen LogP contribution in [0, 0.1) is 0 Å². The molecule has 0 unspecified atom stereocenters. The molecule has 0 saturated carbocycles. The summed E-state index contributed by atoms with van der Waals surface area (Å²) in [6.45, 7) is 0. The molecule has 0 bridgehead atoms. The molecular formula is C14H13BrN4O. The number of fused-ring (bicyclic) bond motifs is 1. The van der Waals surface area contributed by atoms with Crippen molar-refractivity contribution in [2.45, 2.75) is 19.3 Å². The summed E-state index contributed by atoms with van der Waals surface area (Å²) in [5.41, 5.74) is 6.00. The Bertz CT molecular complexity index is 660. The molecule has 20 heavy (non-hydrogen) atoms. The molecule has 1 aliphatic carbocycles. The minimum atomic E-state index is -0.266. The summed E-state index contributed by atoms with van der Waals surface area (Å²) < 4.78 is 1.01. The topological polar surface area (TPSA) is 70.1 Å². The van der Waals surface area contributed by atoms with Crippen LogP contribution in [0.5, 0.6) is 0 Å². The molecule has 0 saturated heterocycles. The van der Waals surface area contributed by atoms with E-state index in [2.05, 4.69) is 36.7 Å². The predicted molar refractivity (Wildman–Crippen MR) is 79.8 cm³/mol. The van der Waals surface area contributed by atoms with Crippen LogP contribution >= 0.6 is 15.9 Å². The molecule has 1 aromatic carbocycles. The van der Waals surface area contributed by atoms with Crippen LogP contribution in [-0.4, -0.2) is 22.3 Å². The van der Waals surface area contributed by atoms with Crippen LogP contribution < -0.4 is 5.43 Å². The van der Waals surface area contributed by atoms with E-state index >= 15 is 0 Å². The van der Waals surface area contributed by atoms with Gasteiger partial charge >= 0.3 is 0 Å². The fraction of sp³-hybridized carbons (Fsp3) is 0.214. The first-order valence-electron chi connectivity index (χ1n) is 6.39. The molecule has 1 heterocycles. The Balaban J connectivity index is 1.66. The van der Waals surface area contributed by atoms with Crippen molar-refractivity contribution in [1.29, 1.82) is 0 Å². The van der Waals surface area contributed by atoms with Crippen LogP contribution in [0.1, 0.15) is 33.7 Å². The molecule has 3 rings (SSSR count). The van der Waals surface area contributed by atoms with Gasteiger partial charge in [0.25, 0.3) is 5.91 Å². The van der Waals surface area contributed by atoms with E-state index < -0.39 is 0 Å². The van der Waals surface area contributed by atoms with Gasteiger partial charge in [-0.1, -0.05) is 28.1 Å². The SMILES string of the molecule is O=C(N/N=C/c1ccc(Br)cc1)c1n[nH]c2c1CCC2. The minimum absolute atomic E-state index is 0.266. The number of carbonyl (C=O) groups excluding carboxylic acids is 1. The van der Waals surface area contributed by atoms with Gasteiger partial charge in [0.1, 0.15) is 0 Å². The lowest BCUT2D eigenvalue weighted by Gasteiger charge is -1.98. The minimum Gasteiger partial charge on any atom is -0.281 e. The summed E-state index contributed by atoms with van der Waals surface area (Å²) >= 11 is 3.37. The second-order valence-electron chi connectivity index (χ2n) is 4.63. The summed E-state index contributed by atoms with van der Waals surface area (Å²) in [5.74, 6) is -0.266. The van der Waals surface area contributed by atoms with Gasteiger partial charge in [-0.15, -0.1) is 0 Å². The average Bonchev–Trinajstić information content (AvgIpc) is 3.03. The van der Waals surface area contributed by atoms with E-state index in [0.717, 1.165) is 40.6 Å². The fourth-order valence-corrected chi connectivity index (χ4v) is 2.54. The number of hydrazone groups is 1. The Morgan fingerprint density at radius 3 is 2.95 bits per heavy atom. The molecule has 0 aliphatic heterocycles. The normalized spacial score (nSPS) is 13.7. The van der Waals surface area contributed by atoms with Crippen molar-refractivity contribution < 1.29 is 4.79 Å². The summed E-state index contributed by atoms with van der Waals surface area (Å²) in [7, 11) is 0. The monoisotopic (exact) mass is 332 g/mol. The van der Waals surface area contributed by atoms with E-state index in [1.807, 2.05) is 24.3 Å². The first-order chi connectivity index (χ1) is 9.74. The molecule has 5 nitrogen and oxygen atoms in total. The standard InChI is InChI=1S/C14H13BrN4O/c15-10-6-4-9(5-7-10)8-16-19-14(20)13-11-2-1-3-12(11)17-18-13/h4-8H,1-3H2,(H,17,18)(H,19,20)/b16-8+. The van der Waals surface area contributed by atoms with Gasteiger partial charge in [0.05, 0.1) is 6.21 Å². The molecule has 0 spiro atoms.